The molecule has 0 spiro atoms. The second-order valence-corrected chi connectivity index (χ2v) is 4.40. The summed E-state index contributed by atoms with van der Waals surface area (Å²) in [5.74, 6) is 0.818. The molecule has 1 saturated heterocycles. The number of nitrogens with zero attached hydrogens (tertiary/aromatic N) is 1. The van der Waals surface area contributed by atoms with Crippen LogP contribution in [-0.4, -0.2) is 36.1 Å². The minimum atomic E-state index is -0.258. The van der Waals surface area contributed by atoms with Crippen LogP contribution in [0.4, 0.5) is 0 Å². The number of nitrogens with one attached hydrogen (secondary N) is 1. The van der Waals surface area contributed by atoms with Crippen molar-refractivity contribution < 1.29 is 9.53 Å². The van der Waals surface area contributed by atoms with Crippen molar-refractivity contribution in [3.63, 3.8) is 0 Å². The summed E-state index contributed by atoms with van der Waals surface area (Å²) in [5, 5.41) is 4.18. The third-order valence-electron chi connectivity index (χ3n) is 2.18. The number of esters is 1. The molecule has 1 aliphatic heterocycles. The third kappa shape index (κ3) is 4.55. The second kappa shape index (κ2) is 6.71. The van der Waals surface area contributed by atoms with Crippen LogP contribution in [0.2, 0.25) is 0 Å². The number of hydrogen-bond acceptors (Lipinski definition) is 4. The highest BCUT2D eigenvalue weighted by Gasteiger charge is 2.15. The van der Waals surface area contributed by atoms with Gasteiger partial charge in [-0.1, -0.05) is 18.7 Å². The number of carbonyl (C=O) groups is 1. The fourth-order valence-electron chi connectivity index (χ4n) is 1.33. The molecule has 5 heteroatoms. The first-order valence-corrected chi connectivity index (χ1v) is 6.34. The largest absolute Gasteiger partial charge is 0.465 e. The summed E-state index contributed by atoms with van der Waals surface area (Å²) >= 11 is 1.67. The van der Waals surface area contributed by atoms with Crippen molar-refractivity contribution in [2.75, 3.05) is 18.9 Å². The first-order chi connectivity index (χ1) is 7.26. The molecule has 15 heavy (non-hydrogen) atoms. The van der Waals surface area contributed by atoms with E-state index in [9.17, 15) is 4.79 Å². The maximum atomic E-state index is 11.1. The van der Waals surface area contributed by atoms with E-state index in [1.165, 1.54) is 6.42 Å². The monoisotopic (exact) mass is 230 g/mol. The lowest BCUT2D eigenvalue weighted by atomic mass is 10.2. The zero-order valence-corrected chi connectivity index (χ0v) is 10.1. The molecule has 1 aliphatic rings. The highest BCUT2D eigenvalue weighted by molar-refractivity contribution is 8.13. The Balaban J connectivity index is 2.35. The van der Waals surface area contributed by atoms with Gasteiger partial charge in [-0.05, 0) is 19.8 Å². The summed E-state index contributed by atoms with van der Waals surface area (Å²) in [4.78, 5) is 15.3. The predicted molar refractivity (Wildman–Crippen MR) is 63.2 cm³/mol. The van der Waals surface area contributed by atoms with Gasteiger partial charge in [0.2, 0.25) is 0 Å². The fourth-order valence-corrected chi connectivity index (χ4v) is 2.33. The number of amidine groups is 1. The van der Waals surface area contributed by atoms with Crippen molar-refractivity contribution >= 4 is 22.9 Å². The Morgan fingerprint density at radius 2 is 2.47 bits per heavy atom. The highest BCUT2D eigenvalue weighted by Crippen LogP contribution is 2.15. The quantitative estimate of drug-likeness (QED) is 0.742. The van der Waals surface area contributed by atoms with Gasteiger partial charge in [0, 0.05) is 11.8 Å². The van der Waals surface area contributed by atoms with Crippen molar-refractivity contribution in [1.82, 2.24) is 5.32 Å². The number of carbonyl (C=O) groups excluding carboxylic acids is 1. The zero-order chi connectivity index (χ0) is 11.1. The van der Waals surface area contributed by atoms with E-state index in [4.69, 9.17) is 4.74 Å². The molecule has 86 valence electrons. The standard InChI is InChI=1S/C10H18N2O2S/c1-3-8-5-6-15-10(12-8)11-7-9(13)14-4-2/h8H,3-7H2,1-2H3,(H,11,12). The SMILES string of the molecule is CCOC(=O)CN=C1NC(CC)CCS1. The molecule has 1 heterocycles. The molecular weight excluding hydrogens is 212 g/mol. The van der Waals surface area contributed by atoms with Gasteiger partial charge < -0.3 is 10.1 Å². The van der Waals surface area contributed by atoms with Crippen molar-refractivity contribution in [1.29, 1.82) is 0 Å². The van der Waals surface area contributed by atoms with Crippen molar-refractivity contribution in [3.05, 3.63) is 0 Å². The molecule has 1 atom stereocenters. The molecule has 1 N–H and O–H groups in total. The van der Waals surface area contributed by atoms with Crippen LogP contribution < -0.4 is 5.32 Å². The summed E-state index contributed by atoms with van der Waals surface area (Å²) in [6.07, 6.45) is 2.26. The molecule has 0 radical (unpaired) electrons. The highest BCUT2D eigenvalue weighted by atomic mass is 32.2. The van der Waals surface area contributed by atoms with Crippen LogP contribution in [-0.2, 0) is 9.53 Å². The Kier molecular flexibility index (Phi) is 5.53. The van der Waals surface area contributed by atoms with Crippen LogP contribution in [0.15, 0.2) is 4.99 Å². The number of rotatable bonds is 4. The fraction of sp³-hybridized carbons (Fsp3) is 0.800. The van der Waals surface area contributed by atoms with E-state index >= 15 is 0 Å². The number of thioether (sulfide) groups is 1. The lowest BCUT2D eigenvalue weighted by molar-refractivity contribution is -0.141. The van der Waals surface area contributed by atoms with Crippen molar-refractivity contribution in [2.24, 2.45) is 4.99 Å². The molecule has 0 saturated carbocycles. The molecule has 0 bridgehead atoms. The molecule has 1 fully saturated rings. The van der Waals surface area contributed by atoms with Crippen molar-refractivity contribution in [3.8, 4) is 0 Å². The minimum absolute atomic E-state index is 0.125. The van der Waals surface area contributed by atoms with Gasteiger partial charge in [-0.2, -0.15) is 0 Å². The third-order valence-corrected chi connectivity index (χ3v) is 3.14. The van der Waals surface area contributed by atoms with Gasteiger partial charge in [-0.25, -0.2) is 0 Å². The average Bonchev–Trinajstić information content (AvgIpc) is 2.27. The van der Waals surface area contributed by atoms with Crippen LogP contribution in [0.25, 0.3) is 0 Å². The Morgan fingerprint density at radius 1 is 1.67 bits per heavy atom. The minimum Gasteiger partial charge on any atom is -0.465 e. The number of aliphatic imine (C=N–C) groups is 1. The zero-order valence-electron chi connectivity index (χ0n) is 9.28. The van der Waals surface area contributed by atoms with Crippen LogP contribution in [0.1, 0.15) is 26.7 Å². The predicted octanol–water partition coefficient (Wildman–Crippen LogP) is 1.41. The lowest BCUT2D eigenvalue weighted by Crippen LogP contribution is -2.37. The Hall–Kier alpha value is -0.710. The first kappa shape index (κ1) is 12.4. The lowest BCUT2D eigenvalue weighted by Gasteiger charge is -2.23. The van der Waals surface area contributed by atoms with Crippen LogP contribution >= 0.6 is 11.8 Å². The first-order valence-electron chi connectivity index (χ1n) is 5.35. The van der Waals surface area contributed by atoms with Gasteiger partial charge in [0.1, 0.15) is 6.54 Å². The van der Waals surface area contributed by atoms with E-state index in [-0.39, 0.29) is 12.5 Å². The van der Waals surface area contributed by atoms with Gasteiger partial charge in [-0.3, -0.25) is 9.79 Å². The maximum Gasteiger partial charge on any atom is 0.327 e. The van der Waals surface area contributed by atoms with Gasteiger partial charge in [0.25, 0.3) is 0 Å². The molecule has 0 amide bonds. The van der Waals surface area contributed by atoms with E-state index in [2.05, 4.69) is 17.2 Å². The Bertz CT molecular complexity index is 244. The normalized spacial score (nSPS) is 23.6. The van der Waals surface area contributed by atoms with E-state index in [0.29, 0.717) is 12.6 Å². The molecule has 0 aromatic carbocycles. The average molecular weight is 230 g/mol. The second-order valence-electron chi connectivity index (χ2n) is 3.31. The van der Waals surface area contributed by atoms with Gasteiger partial charge in [-0.15, -0.1) is 0 Å². The van der Waals surface area contributed by atoms with Crippen LogP contribution in [0.5, 0.6) is 0 Å². The van der Waals surface area contributed by atoms with Gasteiger partial charge in [0.05, 0.1) is 6.61 Å². The maximum absolute atomic E-state index is 11.1. The number of ether oxygens (including phenoxy) is 1. The number of hydrogen-bond donors (Lipinski definition) is 1. The summed E-state index contributed by atoms with van der Waals surface area (Å²) in [5.41, 5.74) is 0. The van der Waals surface area contributed by atoms with E-state index < -0.39 is 0 Å². The molecular formula is C10H18N2O2S. The van der Waals surface area contributed by atoms with Crippen LogP contribution in [0.3, 0.4) is 0 Å². The topological polar surface area (TPSA) is 50.7 Å². The Morgan fingerprint density at radius 3 is 3.13 bits per heavy atom. The van der Waals surface area contributed by atoms with Crippen molar-refractivity contribution in [2.45, 2.75) is 32.7 Å². The summed E-state index contributed by atoms with van der Waals surface area (Å²) in [6.45, 7) is 4.49. The van der Waals surface area contributed by atoms with Gasteiger partial charge >= 0.3 is 5.97 Å². The summed E-state index contributed by atoms with van der Waals surface area (Å²) < 4.78 is 4.80. The molecule has 0 aliphatic carbocycles. The summed E-state index contributed by atoms with van der Waals surface area (Å²) in [6, 6.07) is 0.507. The van der Waals surface area contributed by atoms with E-state index in [1.807, 2.05) is 0 Å². The van der Waals surface area contributed by atoms with Crippen LogP contribution in [0, 0.1) is 0 Å². The smallest absolute Gasteiger partial charge is 0.327 e. The molecule has 1 unspecified atom stereocenters. The molecule has 4 nitrogen and oxygen atoms in total. The molecule has 0 aromatic heterocycles. The molecule has 0 aromatic rings. The van der Waals surface area contributed by atoms with Gasteiger partial charge in [0.15, 0.2) is 5.17 Å². The summed E-state index contributed by atoms with van der Waals surface area (Å²) in [7, 11) is 0. The van der Waals surface area contributed by atoms with E-state index in [0.717, 1.165) is 17.3 Å². The van der Waals surface area contributed by atoms with E-state index in [1.54, 1.807) is 18.7 Å². The Labute approximate surface area is 94.9 Å². The molecule has 1 rings (SSSR count).